The summed E-state index contributed by atoms with van der Waals surface area (Å²) in [7, 11) is 0. The lowest BCUT2D eigenvalue weighted by atomic mass is 10.0. The summed E-state index contributed by atoms with van der Waals surface area (Å²) in [5.41, 5.74) is 5.02. The third kappa shape index (κ3) is 4.53. The average Bonchev–Trinajstić information content (AvgIpc) is 3.05. The molecule has 1 unspecified atom stereocenters. The summed E-state index contributed by atoms with van der Waals surface area (Å²) in [6.07, 6.45) is 0.434. The zero-order valence-electron chi connectivity index (χ0n) is 15.3. The van der Waals surface area contributed by atoms with Gasteiger partial charge in [-0.1, -0.05) is 36.8 Å². The van der Waals surface area contributed by atoms with Crippen molar-refractivity contribution in [1.29, 1.82) is 0 Å². The maximum absolute atomic E-state index is 10.2. The van der Waals surface area contributed by atoms with E-state index in [0.717, 1.165) is 36.6 Å². The van der Waals surface area contributed by atoms with Crippen LogP contribution in [0.5, 0.6) is 11.5 Å². The Morgan fingerprint density at radius 3 is 2.64 bits per heavy atom. The number of aryl methyl sites for hydroxylation is 2. The molecule has 0 amide bonds. The van der Waals surface area contributed by atoms with E-state index in [1.807, 2.05) is 19.1 Å². The van der Waals surface area contributed by atoms with Crippen molar-refractivity contribution in [2.24, 2.45) is 0 Å². The van der Waals surface area contributed by atoms with E-state index < -0.39 is 0 Å². The highest BCUT2D eigenvalue weighted by Crippen LogP contribution is 2.33. The predicted octanol–water partition coefficient (Wildman–Crippen LogP) is 3.81. The molecule has 4 nitrogen and oxygen atoms in total. The highest BCUT2D eigenvalue weighted by Gasteiger charge is 2.17. The van der Waals surface area contributed by atoms with Crippen LogP contribution in [-0.2, 0) is 13.1 Å². The van der Waals surface area contributed by atoms with Gasteiger partial charge in [-0.2, -0.15) is 0 Å². The monoisotopic (exact) mass is 341 g/mol. The summed E-state index contributed by atoms with van der Waals surface area (Å²) < 4.78 is 10.9. The number of benzene rings is 2. The molecule has 4 heteroatoms. The van der Waals surface area contributed by atoms with Gasteiger partial charge in [0.15, 0.2) is 11.5 Å². The molecule has 1 N–H and O–H groups in total. The maximum Gasteiger partial charge on any atom is 0.231 e. The molecule has 25 heavy (non-hydrogen) atoms. The Balaban J connectivity index is 1.78. The zero-order chi connectivity index (χ0) is 17.8. The number of rotatable bonds is 7. The van der Waals surface area contributed by atoms with Crippen molar-refractivity contribution >= 4 is 0 Å². The minimum Gasteiger partial charge on any atom is -0.454 e. The third-order valence-corrected chi connectivity index (χ3v) is 4.68. The van der Waals surface area contributed by atoms with Gasteiger partial charge in [-0.25, -0.2) is 0 Å². The molecule has 0 fully saturated rings. The zero-order valence-corrected chi connectivity index (χ0v) is 15.3. The van der Waals surface area contributed by atoms with Crippen LogP contribution in [0.2, 0.25) is 0 Å². The van der Waals surface area contributed by atoms with Crippen molar-refractivity contribution in [1.82, 2.24) is 4.90 Å². The molecule has 0 saturated heterocycles. The largest absolute Gasteiger partial charge is 0.454 e. The molecule has 0 bridgehead atoms. The minimum atomic E-state index is -0.320. The number of hydrogen-bond donors (Lipinski definition) is 1. The van der Waals surface area contributed by atoms with Gasteiger partial charge < -0.3 is 14.6 Å². The van der Waals surface area contributed by atoms with E-state index in [-0.39, 0.29) is 6.10 Å². The summed E-state index contributed by atoms with van der Waals surface area (Å²) in [5.74, 6) is 1.61. The van der Waals surface area contributed by atoms with Crippen LogP contribution >= 0.6 is 0 Å². The fourth-order valence-electron chi connectivity index (χ4n) is 3.12. The molecule has 1 heterocycles. The first kappa shape index (κ1) is 17.8. The lowest BCUT2D eigenvalue weighted by Gasteiger charge is -2.26. The van der Waals surface area contributed by atoms with Crippen LogP contribution in [0, 0.1) is 13.8 Å². The molecule has 2 aromatic rings. The lowest BCUT2D eigenvalue weighted by Crippen LogP contribution is -2.31. The van der Waals surface area contributed by atoms with Crippen LogP contribution in [0.15, 0.2) is 36.4 Å². The number of fused-ring (bicyclic) bond motifs is 1. The van der Waals surface area contributed by atoms with Crippen LogP contribution in [0.1, 0.15) is 35.6 Å². The average molecular weight is 341 g/mol. The van der Waals surface area contributed by atoms with E-state index in [0.29, 0.717) is 13.3 Å². The molecule has 0 spiro atoms. The van der Waals surface area contributed by atoms with Gasteiger partial charge in [-0.15, -0.1) is 0 Å². The minimum absolute atomic E-state index is 0.291. The first-order valence-electron chi connectivity index (χ1n) is 8.90. The normalized spacial score (nSPS) is 14.1. The van der Waals surface area contributed by atoms with Crippen LogP contribution in [0.25, 0.3) is 0 Å². The van der Waals surface area contributed by atoms with Crippen molar-refractivity contribution in [3.05, 3.63) is 58.7 Å². The summed E-state index contributed by atoms with van der Waals surface area (Å²) >= 11 is 0. The van der Waals surface area contributed by atoms with Crippen LogP contribution in [0.3, 0.4) is 0 Å². The highest BCUT2D eigenvalue weighted by atomic mass is 16.7. The molecule has 0 aliphatic carbocycles. The van der Waals surface area contributed by atoms with E-state index in [9.17, 15) is 5.11 Å². The SMILES string of the molecule is CCC(O)CN(Cc1ccc2c(c1)OCO2)Cc1cc(C)ccc1C. The number of hydrogen-bond acceptors (Lipinski definition) is 4. The van der Waals surface area contributed by atoms with Crippen LogP contribution < -0.4 is 9.47 Å². The number of aliphatic hydroxyl groups excluding tert-OH is 1. The van der Waals surface area contributed by atoms with Crippen molar-refractivity contribution in [3.63, 3.8) is 0 Å². The third-order valence-electron chi connectivity index (χ3n) is 4.68. The van der Waals surface area contributed by atoms with E-state index in [1.54, 1.807) is 0 Å². The van der Waals surface area contributed by atoms with Gasteiger partial charge in [0.25, 0.3) is 0 Å². The molecule has 2 aromatic carbocycles. The molecule has 0 saturated carbocycles. The first-order valence-corrected chi connectivity index (χ1v) is 8.90. The van der Waals surface area contributed by atoms with Crippen molar-refractivity contribution in [2.75, 3.05) is 13.3 Å². The Labute approximate surface area is 150 Å². The van der Waals surface area contributed by atoms with Crippen LogP contribution in [-0.4, -0.2) is 29.4 Å². The van der Waals surface area contributed by atoms with Gasteiger partial charge >= 0.3 is 0 Å². The Morgan fingerprint density at radius 1 is 1.04 bits per heavy atom. The quantitative estimate of drug-likeness (QED) is 0.832. The van der Waals surface area contributed by atoms with Gasteiger partial charge in [0.1, 0.15) is 0 Å². The van der Waals surface area contributed by atoms with E-state index in [2.05, 4.69) is 43.0 Å². The van der Waals surface area contributed by atoms with Crippen LogP contribution in [0.4, 0.5) is 0 Å². The molecule has 0 aromatic heterocycles. The first-order chi connectivity index (χ1) is 12.0. The summed E-state index contributed by atoms with van der Waals surface area (Å²) in [5, 5.41) is 10.2. The van der Waals surface area contributed by atoms with Gasteiger partial charge in [0.2, 0.25) is 6.79 Å². The number of ether oxygens (including phenoxy) is 2. The van der Waals surface area contributed by atoms with E-state index >= 15 is 0 Å². The predicted molar refractivity (Wildman–Crippen MR) is 98.9 cm³/mol. The Hall–Kier alpha value is -2.04. The molecule has 1 aliphatic rings. The standard InChI is InChI=1S/C21H27NO3/c1-4-19(23)13-22(12-18-9-15(2)5-6-16(18)3)11-17-7-8-20-21(10-17)25-14-24-20/h5-10,19,23H,4,11-14H2,1-3H3. The second-order valence-corrected chi connectivity index (χ2v) is 6.85. The topological polar surface area (TPSA) is 41.9 Å². The molecule has 3 rings (SSSR count). The molecule has 1 atom stereocenters. The Bertz CT molecular complexity index is 729. The van der Waals surface area contributed by atoms with Gasteiger partial charge in [0.05, 0.1) is 6.10 Å². The Kier molecular flexibility index (Phi) is 5.61. The summed E-state index contributed by atoms with van der Waals surface area (Å²) in [6.45, 7) is 8.80. The maximum atomic E-state index is 10.2. The summed E-state index contributed by atoms with van der Waals surface area (Å²) in [4.78, 5) is 2.30. The van der Waals surface area contributed by atoms with Gasteiger partial charge in [-0.3, -0.25) is 4.90 Å². The highest BCUT2D eigenvalue weighted by molar-refractivity contribution is 5.44. The van der Waals surface area contributed by atoms with E-state index in [4.69, 9.17) is 9.47 Å². The summed E-state index contributed by atoms with van der Waals surface area (Å²) in [6, 6.07) is 12.6. The second kappa shape index (κ2) is 7.89. The molecular weight excluding hydrogens is 314 g/mol. The van der Waals surface area contributed by atoms with Gasteiger partial charge in [0, 0.05) is 19.6 Å². The number of aliphatic hydroxyl groups is 1. The van der Waals surface area contributed by atoms with E-state index in [1.165, 1.54) is 16.7 Å². The van der Waals surface area contributed by atoms with Crippen molar-refractivity contribution in [2.45, 2.75) is 46.4 Å². The Morgan fingerprint density at radius 2 is 1.84 bits per heavy atom. The fraction of sp³-hybridized carbons (Fsp3) is 0.429. The molecule has 0 radical (unpaired) electrons. The van der Waals surface area contributed by atoms with Crippen molar-refractivity contribution in [3.8, 4) is 11.5 Å². The van der Waals surface area contributed by atoms with Crippen molar-refractivity contribution < 1.29 is 14.6 Å². The second-order valence-electron chi connectivity index (χ2n) is 6.85. The fourth-order valence-corrected chi connectivity index (χ4v) is 3.12. The molecule has 1 aliphatic heterocycles. The molecule has 134 valence electrons. The lowest BCUT2D eigenvalue weighted by molar-refractivity contribution is 0.101. The molecular formula is C21H27NO3. The number of nitrogens with zero attached hydrogens (tertiary/aromatic N) is 1. The van der Waals surface area contributed by atoms with Gasteiger partial charge in [-0.05, 0) is 49.1 Å². The smallest absolute Gasteiger partial charge is 0.231 e.